The summed E-state index contributed by atoms with van der Waals surface area (Å²) >= 11 is 0. The van der Waals surface area contributed by atoms with Gasteiger partial charge in [0, 0.05) is 5.57 Å². The Morgan fingerprint density at radius 2 is 1.81 bits per heavy atom. The van der Waals surface area contributed by atoms with E-state index in [0.717, 1.165) is 26.1 Å². The minimum absolute atomic E-state index is 0.120. The molecule has 4 nitrogen and oxygen atoms in total. The smallest absolute Gasteiger partial charge is 0.330 e. The maximum Gasteiger partial charge on any atom is 0.330 e. The van der Waals surface area contributed by atoms with Crippen molar-refractivity contribution in [2.75, 3.05) is 13.2 Å². The van der Waals surface area contributed by atoms with Gasteiger partial charge in [-0.25, -0.2) is 4.79 Å². The van der Waals surface area contributed by atoms with Gasteiger partial charge < -0.3 is 14.6 Å². The molecule has 2 aliphatic rings. The molecule has 0 aromatic rings. The van der Waals surface area contributed by atoms with Crippen molar-refractivity contribution in [3.05, 3.63) is 11.6 Å². The number of carboxylic acids is 1. The number of aliphatic carboxylic acids is 1. The van der Waals surface area contributed by atoms with Crippen molar-refractivity contribution in [1.29, 1.82) is 0 Å². The van der Waals surface area contributed by atoms with Gasteiger partial charge in [0.25, 0.3) is 0 Å². The van der Waals surface area contributed by atoms with Crippen LogP contribution < -0.4 is 0 Å². The number of allylic oxidation sites excluding steroid dienone is 1. The topological polar surface area (TPSA) is 62.4 Å². The normalized spacial score (nSPS) is 32.0. The van der Waals surface area contributed by atoms with Crippen molar-refractivity contribution in [2.45, 2.75) is 38.9 Å². The first-order valence-electron chi connectivity index (χ1n) is 5.64. The van der Waals surface area contributed by atoms with E-state index in [9.17, 15) is 4.79 Å². The molecule has 2 atom stereocenters. The fraction of sp³-hybridized carbons (Fsp3) is 0.750. The van der Waals surface area contributed by atoms with Gasteiger partial charge in [-0.15, -0.1) is 0 Å². The van der Waals surface area contributed by atoms with E-state index in [1.165, 1.54) is 0 Å². The largest absolute Gasteiger partial charge is 0.478 e. The second-order valence-electron chi connectivity index (χ2n) is 5.11. The number of epoxide rings is 2. The zero-order valence-electron chi connectivity index (χ0n) is 9.73. The first-order chi connectivity index (χ1) is 7.48. The van der Waals surface area contributed by atoms with Crippen LogP contribution in [0.5, 0.6) is 0 Å². The average molecular weight is 226 g/mol. The van der Waals surface area contributed by atoms with E-state index >= 15 is 0 Å². The molecule has 90 valence electrons. The van der Waals surface area contributed by atoms with Crippen LogP contribution in [0.4, 0.5) is 0 Å². The Morgan fingerprint density at radius 3 is 2.12 bits per heavy atom. The van der Waals surface area contributed by atoms with Crippen LogP contribution in [0.1, 0.15) is 26.7 Å². The molecule has 0 saturated carbocycles. The molecule has 2 fully saturated rings. The summed E-state index contributed by atoms with van der Waals surface area (Å²) in [5, 5.41) is 8.91. The molecule has 0 aliphatic carbocycles. The van der Waals surface area contributed by atoms with Gasteiger partial charge in [-0.1, -0.05) is 13.0 Å². The Bertz CT molecular complexity index is 299. The second kappa shape index (κ2) is 4.18. The molecule has 0 aromatic heterocycles. The van der Waals surface area contributed by atoms with E-state index in [2.05, 4.69) is 6.92 Å². The molecule has 16 heavy (non-hydrogen) atoms. The average Bonchev–Trinajstić information content (AvgIpc) is 3.01. The molecule has 0 spiro atoms. The molecular weight excluding hydrogens is 208 g/mol. The molecule has 0 amide bonds. The molecule has 2 rings (SSSR count). The maximum absolute atomic E-state index is 10.8. The van der Waals surface area contributed by atoms with E-state index in [4.69, 9.17) is 14.6 Å². The van der Waals surface area contributed by atoms with Crippen molar-refractivity contribution in [2.24, 2.45) is 5.41 Å². The van der Waals surface area contributed by atoms with Gasteiger partial charge in [0.05, 0.1) is 25.4 Å². The maximum atomic E-state index is 10.8. The van der Waals surface area contributed by atoms with Gasteiger partial charge in [-0.05, 0) is 25.2 Å². The molecular formula is C12H18O4. The predicted octanol–water partition coefficient (Wildman–Crippen LogP) is 1.60. The van der Waals surface area contributed by atoms with E-state index in [-0.39, 0.29) is 5.41 Å². The first-order valence-corrected chi connectivity index (χ1v) is 5.64. The van der Waals surface area contributed by atoms with Crippen molar-refractivity contribution in [3.8, 4) is 0 Å². The number of rotatable bonds is 6. The van der Waals surface area contributed by atoms with Crippen LogP contribution in [0, 0.1) is 5.41 Å². The van der Waals surface area contributed by atoms with Crippen LogP contribution in [0.25, 0.3) is 0 Å². The molecule has 2 heterocycles. The minimum Gasteiger partial charge on any atom is -0.478 e. The lowest BCUT2D eigenvalue weighted by molar-refractivity contribution is -0.132. The summed E-state index contributed by atoms with van der Waals surface area (Å²) in [4.78, 5) is 10.8. The van der Waals surface area contributed by atoms with Crippen molar-refractivity contribution >= 4 is 5.97 Å². The molecule has 4 heteroatoms. The summed E-state index contributed by atoms with van der Waals surface area (Å²) in [6, 6.07) is 0. The van der Waals surface area contributed by atoms with E-state index < -0.39 is 5.97 Å². The summed E-state index contributed by atoms with van der Waals surface area (Å²) in [7, 11) is 0. The molecule has 0 aromatic carbocycles. The van der Waals surface area contributed by atoms with Crippen LogP contribution in [0.15, 0.2) is 11.6 Å². The molecule has 0 bridgehead atoms. The molecule has 2 aliphatic heterocycles. The number of carbonyl (C=O) groups is 1. The van der Waals surface area contributed by atoms with Gasteiger partial charge in [0.1, 0.15) is 0 Å². The summed E-state index contributed by atoms with van der Waals surface area (Å²) < 4.78 is 10.5. The second-order valence-corrected chi connectivity index (χ2v) is 5.11. The number of hydrogen-bond donors (Lipinski definition) is 1. The van der Waals surface area contributed by atoms with E-state index in [0.29, 0.717) is 17.8 Å². The quantitative estimate of drug-likeness (QED) is 0.552. The summed E-state index contributed by atoms with van der Waals surface area (Å²) in [5.74, 6) is -0.848. The lowest BCUT2D eigenvalue weighted by atomic mass is 9.79. The SMILES string of the molecule is C/C(=C\C(C)(CC1CO1)CC1CO1)C(=O)O. The third-order valence-corrected chi connectivity index (χ3v) is 3.10. The van der Waals surface area contributed by atoms with Crippen molar-refractivity contribution in [3.63, 3.8) is 0 Å². The van der Waals surface area contributed by atoms with Gasteiger partial charge >= 0.3 is 5.97 Å². The van der Waals surface area contributed by atoms with Crippen LogP contribution in [-0.2, 0) is 14.3 Å². The Labute approximate surface area is 95.2 Å². The van der Waals surface area contributed by atoms with Gasteiger partial charge in [0.15, 0.2) is 0 Å². The Hall–Kier alpha value is -0.870. The lowest BCUT2D eigenvalue weighted by Gasteiger charge is -2.25. The highest BCUT2D eigenvalue weighted by Crippen LogP contribution is 2.39. The van der Waals surface area contributed by atoms with Crippen LogP contribution in [0.2, 0.25) is 0 Å². The molecule has 1 N–H and O–H groups in total. The number of ether oxygens (including phenoxy) is 2. The van der Waals surface area contributed by atoms with Crippen LogP contribution in [-0.4, -0.2) is 36.5 Å². The Kier molecular flexibility index (Phi) is 3.04. The highest BCUT2D eigenvalue weighted by Gasteiger charge is 2.38. The zero-order valence-corrected chi connectivity index (χ0v) is 9.73. The third-order valence-electron chi connectivity index (χ3n) is 3.10. The lowest BCUT2D eigenvalue weighted by Crippen LogP contribution is -2.20. The monoisotopic (exact) mass is 226 g/mol. The van der Waals surface area contributed by atoms with Crippen LogP contribution >= 0.6 is 0 Å². The fourth-order valence-corrected chi connectivity index (χ4v) is 2.20. The first kappa shape index (κ1) is 11.6. The van der Waals surface area contributed by atoms with Gasteiger partial charge in [0.2, 0.25) is 0 Å². The van der Waals surface area contributed by atoms with Gasteiger partial charge in [-0.2, -0.15) is 0 Å². The van der Waals surface area contributed by atoms with E-state index in [1.807, 2.05) is 6.08 Å². The van der Waals surface area contributed by atoms with Crippen LogP contribution in [0.3, 0.4) is 0 Å². The molecule has 0 radical (unpaired) electrons. The molecule has 2 saturated heterocycles. The van der Waals surface area contributed by atoms with E-state index in [1.54, 1.807) is 6.92 Å². The standard InChI is InChI=1S/C12H18O4/c1-8(11(13)14)3-12(2,4-9-6-15-9)5-10-7-16-10/h3,9-10H,4-7H2,1-2H3,(H,13,14)/b8-3+. The Balaban J connectivity index is 2.04. The highest BCUT2D eigenvalue weighted by atomic mass is 16.6. The minimum atomic E-state index is -0.848. The summed E-state index contributed by atoms with van der Waals surface area (Å²) in [6.07, 6.45) is 4.25. The van der Waals surface area contributed by atoms with Crippen molar-refractivity contribution < 1.29 is 19.4 Å². The predicted molar refractivity (Wildman–Crippen MR) is 58.2 cm³/mol. The van der Waals surface area contributed by atoms with Gasteiger partial charge in [-0.3, -0.25) is 0 Å². The fourth-order valence-electron chi connectivity index (χ4n) is 2.20. The number of hydrogen-bond acceptors (Lipinski definition) is 3. The molecule has 2 unspecified atom stereocenters. The Morgan fingerprint density at radius 1 is 1.38 bits per heavy atom. The zero-order chi connectivity index (χ0) is 11.8. The highest BCUT2D eigenvalue weighted by molar-refractivity contribution is 5.85. The number of carboxylic acid groups (broad SMARTS) is 1. The third kappa shape index (κ3) is 3.32. The van der Waals surface area contributed by atoms with Crippen molar-refractivity contribution in [1.82, 2.24) is 0 Å². The summed E-state index contributed by atoms with van der Waals surface area (Å²) in [6.45, 7) is 5.34. The summed E-state index contributed by atoms with van der Waals surface area (Å²) in [5.41, 5.74) is 0.286.